The Morgan fingerprint density at radius 1 is 1.23 bits per heavy atom. The molecule has 166 valence electrons. The molecule has 4 heterocycles. The first-order valence-corrected chi connectivity index (χ1v) is 10.6. The normalized spacial score (nSPS) is 16.4. The van der Waals surface area contributed by atoms with Crippen molar-refractivity contribution < 1.29 is 18.1 Å². The van der Waals surface area contributed by atoms with E-state index in [2.05, 4.69) is 15.2 Å². The summed E-state index contributed by atoms with van der Waals surface area (Å²) in [5.41, 5.74) is 3.05. The van der Waals surface area contributed by atoms with E-state index in [9.17, 15) is 13.6 Å². The first kappa shape index (κ1) is 21.4. The van der Waals surface area contributed by atoms with Crippen LogP contribution in [0.5, 0.6) is 0 Å². The number of hydrogen-bond acceptors (Lipinski definition) is 5. The van der Waals surface area contributed by atoms with Gasteiger partial charge >= 0.3 is 0 Å². The van der Waals surface area contributed by atoms with Crippen molar-refractivity contribution in [2.45, 2.75) is 65.3 Å². The Morgan fingerprint density at radius 2 is 1.94 bits per heavy atom. The standard InChI is InChI=1S/C22H27F2N5O2/c1-12-9-13(2)29(26-12)14(3)10-19(30)28-7-5-16(6-8-28)18-11-17(21(23)24)20-15(4)27-31-22(20)25-18/h9,11,14,16,21H,5-8,10H2,1-4H3. The highest BCUT2D eigenvalue weighted by Gasteiger charge is 2.28. The van der Waals surface area contributed by atoms with Crippen LogP contribution in [0.3, 0.4) is 0 Å². The Hall–Kier alpha value is -2.84. The Kier molecular flexibility index (Phi) is 5.77. The molecule has 0 bridgehead atoms. The van der Waals surface area contributed by atoms with Gasteiger partial charge in [0.05, 0.1) is 22.8 Å². The van der Waals surface area contributed by atoms with Crippen LogP contribution >= 0.6 is 0 Å². The predicted molar refractivity (Wildman–Crippen MR) is 111 cm³/mol. The molecule has 3 aromatic heterocycles. The molecule has 9 heteroatoms. The summed E-state index contributed by atoms with van der Waals surface area (Å²) in [5, 5.41) is 8.56. The van der Waals surface area contributed by atoms with E-state index in [1.54, 1.807) is 6.92 Å². The number of rotatable bonds is 5. The first-order chi connectivity index (χ1) is 14.7. The number of hydrogen-bond donors (Lipinski definition) is 0. The van der Waals surface area contributed by atoms with Gasteiger partial charge in [-0.05, 0) is 52.7 Å². The van der Waals surface area contributed by atoms with E-state index >= 15 is 0 Å². The van der Waals surface area contributed by atoms with Crippen molar-refractivity contribution >= 4 is 17.0 Å². The lowest BCUT2D eigenvalue weighted by molar-refractivity contribution is -0.133. The van der Waals surface area contributed by atoms with E-state index in [1.165, 1.54) is 6.07 Å². The zero-order valence-electron chi connectivity index (χ0n) is 18.2. The van der Waals surface area contributed by atoms with E-state index in [4.69, 9.17) is 4.52 Å². The zero-order valence-corrected chi connectivity index (χ0v) is 18.2. The fraction of sp³-hybridized carbons (Fsp3) is 0.545. The van der Waals surface area contributed by atoms with Crippen molar-refractivity contribution in [2.75, 3.05) is 13.1 Å². The van der Waals surface area contributed by atoms with Crippen LogP contribution in [-0.4, -0.2) is 43.8 Å². The lowest BCUT2D eigenvalue weighted by Crippen LogP contribution is -2.39. The molecule has 4 rings (SSSR count). The highest BCUT2D eigenvalue weighted by atomic mass is 19.3. The van der Waals surface area contributed by atoms with Crippen LogP contribution in [-0.2, 0) is 4.79 Å². The quantitative estimate of drug-likeness (QED) is 0.588. The molecule has 1 aliphatic rings. The third kappa shape index (κ3) is 4.18. The van der Waals surface area contributed by atoms with Crippen molar-refractivity contribution in [3.8, 4) is 0 Å². The van der Waals surface area contributed by atoms with Gasteiger partial charge in [0, 0.05) is 42.4 Å². The van der Waals surface area contributed by atoms with Gasteiger partial charge in [-0.3, -0.25) is 9.48 Å². The number of halogens is 2. The molecule has 0 saturated carbocycles. The van der Waals surface area contributed by atoms with Gasteiger partial charge in [-0.25, -0.2) is 13.8 Å². The maximum absolute atomic E-state index is 13.6. The molecule has 1 atom stereocenters. The van der Waals surface area contributed by atoms with Crippen molar-refractivity contribution in [3.63, 3.8) is 0 Å². The molecule has 0 aliphatic carbocycles. The summed E-state index contributed by atoms with van der Waals surface area (Å²) in [6, 6.07) is 3.45. The average molecular weight is 431 g/mol. The Labute approximate surface area is 179 Å². The van der Waals surface area contributed by atoms with Crippen molar-refractivity contribution in [2.24, 2.45) is 0 Å². The third-order valence-electron chi connectivity index (χ3n) is 6.10. The summed E-state index contributed by atoms with van der Waals surface area (Å²) in [6.45, 7) is 8.71. The first-order valence-electron chi connectivity index (χ1n) is 10.6. The van der Waals surface area contributed by atoms with Crippen LogP contribution in [0, 0.1) is 20.8 Å². The number of amides is 1. The number of pyridine rings is 1. The summed E-state index contributed by atoms with van der Waals surface area (Å²) in [7, 11) is 0. The topological polar surface area (TPSA) is 77.0 Å². The Bertz CT molecular complexity index is 1100. The number of aryl methyl sites for hydroxylation is 3. The van der Waals surface area contributed by atoms with Crippen molar-refractivity contribution in [1.82, 2.24) is 24.8 Å². The maximum Gasteiger partial charge on any atom is 0.264 e. The monoisotopic (exact) mass is 431 g/mol. The number of fused-ring (bicyclic) bond motifs is 1. The lowest BCUT2D eigenvalue weighted by atomic mass is 9.91. The molecule has 0 N–H and O–H groups in total. The van der Waals surface area contributed by atoms with Crippen LogP contribution in [0.25, 0.3) is 11.1 Å². The molecule has 1 amide bonds. The number of alkyl halides is 2. The van der Waals surface area contributed by atoms with Crippen LogP contribution in [0.4, 0.5) is 8.78 Å². The van der Waals surface area contributed by atoms with E-state index in [0.29, 0.717) is 49.1 Å². The largest absolute Gasteiger partial charge is 0.343 e. The van der Waals surface area contributed by atoms with Crippen LogP contribution < -0.4 is 0 Å². The smallest absolute Gasteiger partial charge is 0.264 e. The fourth-order valence-electron chi connectivity index (χ4n) is 4.51. The number of piperidine rings is 1. The van der Waals surface area contributed by atoms with Crippen molar-refractivity contribution in [3.05, 3.63) is 40.5 Å². The van der Waals surface area contributed by atoms with Gasteiger partial charge in [0.2, 0.25) is 5.91 Å². The van der Waals surface area contributed by atoms with E-state index in [1.807, 2.05) is 36.4 Å². The zero-order chi connectivity index (χ0) is 22.3. The lowest BCUT2D eigenvalue weighted by Gasteiger charge is -2.32. The van der Waals surface area contributed by atoms with Gasteiger partial charge in [0.15, 0.2) is 0 Å². The average Bonchev–Trinajstić information content (AvgIpc) is 3.28. The molecule has 3 aromatic rings. The highest BCUT2D eigenvalue weighted by molar-refractivity contribution is 5.80. The minimum atomic E-state index is -2.63. The van der Waals surface area contributed by atoms with Gasteiger partial charge in [-0.15, -0.1) is 0 Å². The van der Waals surface area contributed by atoms with Gasteiger partial charge in [0.25, 0.3) is 12.1 Å². The number of likely N-dealkylation sites (tertiary alicyclic amines) is 1. The predicted octanol–water partition coefficient (Wildman–Crippen LogP) is 4.64. The number of nitrogens with zero attached hydrogens (tertiary/aromatic N) is 5. The molecular weight excluding hydrogens is 404 g/mol. The third-order valence-corrected chi connectivity index (χ3v) is 6.10. The second-order valence-corrected chi connectivity index (χ2v) is 8.47. The number of carbonyl (C=O) groups excluding carboxylic acids is 1. The molecular formula is C22H27F2N5O2. The molecule has 7 nitrogen and oxygen atoms in total. The maximum atomic E-state index is 13.6. The summed E-state index contributed by atoms with van der Waals surface area (Å²) in [6.07, 6.45) is -0.897. The SMILES string of the molecule is Cc1cc(C)n(C(C)CC(=O)N2CCC(c3cc(C(F)F)c4c(C)noc4n3)CC2)n1. The Morgan fingerprint density at radius 3 is 2.55 bits per heavy atom. The van der Waals surface area contributed by atoms with Crippen molar-refractivity contribution in [1.29, 1.82) is 0 Å². The van der Waals surface area contributed by atoms with E-state index < -0.39 is 6.43 Å². The minimum Gasteiger partial charge on any atom is -0.343 e. The van der Waals surface area contributed by atoms with E-state index in [0.717, 1.165) is 11.4 Å². The molecule has 1 saturated heterocycles. The van der Waals surface area contributed by atoms with Crippen LogP contribution in [0.15, 0.2) is 16.7 Å². The molecule has 0 aromatic carbocycles. The second-order valence-electron chi connectivity index (χ2n) is 8.47. The molecule has 0 radical (unpaired) electrons. The van der Waals surface area contributed by atoms with Crippen LogP contribution in [0.1, 0.15) is 72.9 Å². The fourth-order valence-corrected chi connectivity index (χ4v) is 4.51. The number of aromatic nitrogens is 4. The summed E-state index contributed by atoms with van der Waals surface area (Å²) < 4.78 is 34.3. The number of carbonyl (C=O) groups is 1. The summed E-state index contributed by atoms with van der Waals surface area (Å²) in [4.78, 5) is 19.1. The molecule has 1 fully saturated rings. The Balaban J connectivity index is 1.43. The van der Waals surface area contributed by atoms with Gasteiger partial charge in [-0.1, -0.05) is 5.16 Å². The van der Waals surface area contributed by atoms with E-state index in [-0.39, 0.29) is 29.1 Å². The molecule has 31 heavy (non-hydrogen) atoms. The second kappa shape index (κ2) is 8.36. The van der Waals surface area contributed by atoms with Crippen LogP contribution in [0.2, 0.25) is 0 Å². The highest BCUT2D eigenvalue weighted by Crippen LogP contribution is 2.35. The molecule has 1 aliphatic heterocycles. The van der Waals surface area contributed by atoms with Gasteiger partial charge < -0.3 is 9.42 Å². The van der Waals surface area contributed by atoms with Gasteiger partial charge in [0.1, 0.15) is 0 Å². The van der Waals surface area contributed by atoms with Gasteiger partial charge in [-0.2, -0.15) is 5.10 Å². The summed E-state index contributed by atoms with van der Waals surface area (Å²) in [5.74, 6) is 0.0887. The molecule has 0 spiro atoms. The molecule has 1 unspecified atom stereocenters. The minimum absolute atomic E-state index is 0.00443. The summed E-state index contributed by atoms with van der Waals surface area (Å²) >= 11 is 0.